The van der Waals surface area contributed by atoms with Crippen molar-refractivity contribution in [3.05, 3.63) is 65.9 Å². The van der Waals surface area contributed by atoms with Gasteiger partial charge in [0, 0.05) is 23.1 Å². The monoisotopic (exact) mass is 395 g/mol. The first-order valence-corrected chi connectivity index (χ1v) is 11.0. The smallest absolute Gasteiger partial charge is 0.239 e. The molecule has 0 bridgehead atoms. The Morgan fingerprint density at radius 3 is 2.61 bits per heavy atom. The highest BCUT2D eigenvalue weighted by Crippen LogP contribution is 2.29. The predicted molar refractivity (Wildman–Crippen MR) is 113 cm³/mol. The van der Waals surface area contributed by atoms with E-state index in [1.165, 1.54) is 0 Å². The van der Waals surface area contributed by atoms with Gasteiger partial charge in [-0.05, 0) is 61.2 Å². The fourth-order valence-corrected chi connectivity index (χ4v) is 5.46. The van der Waals surface area contributed by atoms with E-state index >= 15 is 0 Å². The second-order valence-corrected chi connectivity index (χ2v) is 9.44. The van der Waals surface area contributed by atoms with E-state index in [2.05, 4.69) is 24.9 Å². The number of hydrogen-bond donors (Lipinski definition) is 1. The van der Waals surface area contributed by atoms with Crippen LogP contribution in [0.15, 0.2) is 54.7 Å². The minimum absolute atomic E-state index is 0.143. The number of rotatable bonds is 7. The molecule has 0 spiro atoms. The van der Waals surface area contributed by atoms with Crippen molar-refractivity contribution in [1.82, 2.24) is 4.98 Å². The minimum Gasteiger partial charge on any atom is -0.361 e. The summed E-state index contributed by atoms with van der Waals surface area (Å²) in [6.45, 7) is 6.13. The predicted octanol–water partition coefficient (Wildman–Crippen LogP) is 4.81. The van der Waals surface area contributed by atoms with Crippen LogP contribution in [0.1, 0.15) is 38.3 Å². The zero-order valence-electron chi connectivity index (χ0n) is 16.4. The molecule has 146 valence electrons. The van der Waals surface area contributed by atoms with Crippen molar-refractivity contribution in [1.29, 1.82) is 5.26 Å². The highest BCUT2D eigenvalue weighted by molar-refractivity contribution is 7.92. The zero-order valence-corrected chi connectivity index (χ0v) is 17.2. The number of hydrogen-bond acceptors (Lipinski definition) is 3. The normalized spacial score (nSPS) is 12.8. The molecule has 1 aromatic heterocycles. The van der Waals surface area contributed by atoms with Gasteiger partial charge in [0.1, 0.15) is 0 Å². The number of nitriles is 1. The quantitative estimate of drug-likeness (QED) is 0.623. The van der Waals surface area contributed by atoms with Gasteiger partial charge in [-0.1, -0.05) is 26.0 Å². The van der Waals surface area contributed by atoms with Crippen LogP contribution < -0.4 is 4.31 Å². The lowest BCUT2D eigenvalue weighted by Gasteiger charge is -2.32. The third kappa shape index (κ3) is 4.37. The van der Waals surface area contributed by atoms with Gasteiger partial charge in [-0.15, -0.1) is 0 Å². The maximum Gasteiger partial charge on any atom is 0.239 e. The number of aromatic amines is 1. The minimum atomic E-state index is -3.64. The number of aromatic nitrogens is 1. The number of nitrogens with zero attached hydrogens (tertiary/aromatic N) is 2. The molecule has 0 radical (unpaired) electrons. The Bertz CT molecular complexity index is 1110. The van der Waals surface area contributed by atoms with Crippen LogP contribution in [0, 0.1) is 17.2 Å². The Morgan fingerprint density at radius 2 is 1.89 bits per heavy atom. The highest BCUT2D eigenvalue weighted by Gasteiger charge is 2.28. The van der Waals surface area contributed by atoms with E-state index in [0.29, 0.717) is 22.7 Å². The lowest BCUT2D eigenvalue weighted by Crippen LogP contribution is -2.40. The molecular formula is C22H25N3O2S. The third-order valence-electron chi connectivity index (χ3n) is 4.71. The maximum absolute atomic E-state index is 13.4. The summed E-state index contributed by atoms with van der Waals surface area (Å²) in [5, 5.41) is 10.1. The van der Waals surface area contributed by atoms with E-state index in [4.69, 9.17) is 5.26 Å². The summed E-state index contributed by atoms with van der Waals surface area (Å²) in [6, 6.07) is 16.3. The van der Waals surface area contributed by atoms with Gasteiger partial charge in [-0.2, -0.15) is 5.26 Å². The second kappa shape index (κ2) is 8.07. The van der Waals surface area contributed by atoms with Crippen molar-refractivity contribution in [3.63, 3.8) is 0 Å². The number of anilines is 1. The molecule has 3 rings (SSSR count). The van der Waals surface area contributed by atoms with E-state index in [-0.39, 0.29) is 11.8 Å². The van der Waals surface area contributed by atoms with Crippen molar-refractivity contribution in [2.24, 2.45) is 5.92 Å². The van der Waals surface area contributed by atoms with Crippen LogP contribution in [-0.2, 0) is 15.8 Å². The van der Waals surface area contributed by atoms with Crippen LogP contribution in [-0.4, -0.2) is 19.4 Å². The third-order valence-corrected chi connectivity index (χ3v) is 6.58. The molecule has 28 heavy (non-hydrogen) atoms. The van der Waals surface area contributed by atoms with Crippen LogP contribution in [0.5, 0.6) is 0 Å². The van der Waals surface area contributed by atoms with Crippen molar-refractivity contribution < 1.29 is 8.42 Å². The summed E-state index contributed by atoms with van der Waals surface area (Å²) in [5.41, 5.74) is 2.71. The van der Waals surface area contributed by atoms with Crippen LogP contribution in [0.2, 0.25) is 0 Å². The van der Waals surface area contributed by atoms with Crippen LogP contribution >= 0.6 is 0 Å². The first kappa shape index (κ1) is 20.0. The Morgan fingerprint density at radius 1 is 1.11 bits per heavy atom. The molecule has 1 atom stereocenters. The molecule has 1 heterocycles. The average Bonchev–Trinajstić information content (AvgIpc) is 3.08. The zero-order chi connectivity index (χ0) is 20.3. The van der Waals surface area contributed by atoms with Gasteiger partial charge in [0.25, 0.3) is 0 Å². The SMILES string of the molecule is CC(C)CC(C)N(c1ccc2[nH]ccc2c1)S(=O)(=O)Cc1cccc(C#N)c1. The van der Waals surface area contributed by atoms with Crippen molar-refractivity contribution in [3.8, 4) is 6.07 Å². The largest absolute Gasteiger partial charge is 0.361 e. The highest BCUT2D eigenvalue weighted by atomic mass is 32.2. The first-order valence-electron chi connectivity index (χ1n) is 9.38. The summed E-state index contributed by atoms with van der Waals surface area (Å²) >= 11 is 0. The first-order chi connectivity index (χ1) is 13.3. The Labute approximate surface area is 166 Å². The van der Waals surface area contributed by atoms with Gasteiger partial charge >= 0.3 is 0 Å². The van der Waals surface area contributed by atoms with Crippen LogP contribution in [0.3, 0.4) is 0 Å². The number of fused-ring (bicyclic) bond motifs is 1. The van der Waals surface area contributed by atoms with Crippen LogP contribution in [0.4, 0.5) is 5.69 Å². The standard InChI is InChI=1S/C22H25N3O2S/c1-16(2)11-17(3)25(21-7-8-22-20(13-21)9-10-24-22)28(26,27)15-19-6-4-5-18(12-19)14-23/h4-10,12-13,16-17,24H,11,15H2,1-3H3. The fraction of sp³-hybridized carbons (Fsp3) is 0.318. The molecule has 0 saturated carbocycles. The second-order valence-electron chi connectivity index (χ2n) is 7.59. The topological polar surface area (TPSA) is 77.0 Å². The van der Waals surface area contributed by atoms with E-state index in [9.17, 15) is 8.42 Å². The number of nitrogens with one attached hydrogen (secondary N) is 1. The molecule has 6 heteroatoms. The number of sulfonamides is 1. The van der Waals surface area contributed by atoms with Gasteiger partial charge in [0.2, 0.25) is 10.0 Å². The molecule has 1 unspecified atom stereocenters. The molecule has 0 aliphatic carbocycles. The molecule has 0 saturated heterocycles. The molecule has 5 nitrogen and oxygen atoms in total. The van der Waals surface area contributed by atoms with Crippen molar-refractivity contribution >= 4 is 26.6 Å². The molecule has 3 aromatic rings. The van der Waals surface area contributed by atoms with Gasteiger partial charge < -0.3 is 4.98 Å². The lowest BCUT2D eigenvalue weighted by atomic mass is 10.0. The lowest BCUT2D eigenvalue weighted by molar-refractivity contribution is 0.509. The number of H-pyrrole nitrogens is 1. The summed E-state index contributed by atoms with van der Waals surface area (Å²) in [6.07, 6.45) is 2.60. The molecule has 1 N–H and O–H groups in total. The summed E-state index contributed by atoms with van der Waals surface area (Å²) in [5.74, 6) is 0.224. The maximum atomic E-state index is 13.4. The van der Waals surface area contributed by atoms with E-state index < -0.39 is 10.0 Å². The summed E-state index contributed by atoms with van der Waals surface area (Å²) in [4.78, 5) is 3.14. The van der Waals surface area contributed by atoms with Crippen molar-refractivity contribution in [2.75, 3.05) is 4.31 Å². The Kier molecular flexibility index (Phi) is 5.76. The van der Waals surface area contributed by atoms with Gasteiger partial charge in [-0.25, -0.2) is 8.42 Å². The van der Waals surface area contributed by atoms with Gasteiger partial charge in [0.05, 0.1) is 23.1 Å². The van der Waals surface area contributed by atoms with E-state index in [0.717, 1.165) is 17.3 Å². The summed E-state index contributed by atoms with van der Waals surface area (Å²) < 4.78 is 28.4. The fourth-order valence-electron chi connectivity index (χ4n) is 3.66. The number of benzene rings is 2. The molecule has 0 aliphatic heterocycles. The van der Waals surface area contributed by atoms with E-state index in [1.54, 1.807) is 28.6 Å². The van der Waals surface area contributed by atoms with Gasteiger partial charge in [-0.3, -0.25) is 4.31 Å². The summed E-state index contributed by atoms with van der Waals surface area (Å²) in [7, 11) is -3.64. The molecule has 2 aromatic carbocycles. The van der Waals surface area contributed by atoms with Crippen molar-refractivity contribution in [2.45, 2.75) is 39.0 Å². The van der Waals surface area contributed by atoms with Gasteiger partial charge in [0.15, 0.2) is 0 Å². The molecular weight excluding hydrogens is 370 g/mol. The molecule has 0 fully saturated rings. The van der Waals surface area contributed by atoms with E-state index in [1.807, 2.05) is 37.4 Å². The Balaban J connectivity index is 2.02. The van der Waals surface area contributed by atoms with Crippen LogP contribution in [0.25, 0.3) is 10.9 Å². The molecule has 0 aliphatic rings. The Hall–Kier alpha value is -2.78. The molecule has 0 amide bonds. The average molecular weight is 396 g/mol.